The fourth-order valence-corrected chi connectivity index (χ4v) is 4.41. The summed E-state index contributed by atoms with van der Waals surface area (Å²) in [7, 11) is 2.18. The minimum Gasteiger partial charge on any atom is -0.302 e. The molecule has 1 aromatic rings. The molecule has 21 heavy (non-hydrogen) atoms. The van der Waals surface area contributed by atoms with E-state index in [1.54, 1.807) is 0 Å². The molecule has 0 unspecified atom stereocenters. The number of benzene rings is 1. The zero-order chi connectivity index (χ0) is 15.0. The number of piperidine rings is 2. The number of likely N-dealkylation sites (tertiary alicyclic amines) is 2. The van der Waals surface area contributed by atoms with Crippen molar-refractivity contribution >= 4 is 5.78 Å². The van der Waals surface area contributed by atoms with Crippen LogP contribution in [-0.2, 0) is 11.3 Å². The number of carbonyl (C=O) groups excluding carboxylic acids is 1. The van der Waals surface area contributed by atoms with Gasteiger partial charge in [-0.25, -0.2) is 0 Å². The van der Waals surface area contributed by atoms with Gasteiger partial charge in [0.15, 0.2) is 0 Å². The van der Waals surface area contributed by atoms with Gasteiger partial charge in [-0.05, 0) is 18.0 Å². The van der Waals surface area contributed by atoms with Crippen molar-refractivity contribution in [3.8, 4) is 0 Å². The summed E-state index contributed by atoms with van der Waals surface area (Å²) in [5.41, 5.74) is 1.49. The van der Waals surface area contributed by atoms with E-state index in [9.17, 15) is 4.79 Å². The van der Waals surface area contributed by atoms with Gasteiger partial charge in [-0.1, -0.05) is 44.2 Å². The molecule has 1 aromatic carbocycles. The van der Waals surface area contributed by atoms with E-state index in [-0.39, 0.29) is 11.3 Å². The highest BCUT2D eigenvalue weighted by molar-refractivity contribution is 5.83. The molecule has 114 valence electrons. The van der Waals surface area contributed by atoms with Crippen LogP contribution in [0.3, 0.4) is 0 Å². The standard InChI is InChI=1S/C18H26N2O/c1-18(2)13-20(11-14-7-5-4-6-8-14)12-15-16(21)9-10-19(3)17(15)18/h4-8,15,17H,9-13H2,1-3H3/t15-,17-/m1/s1. The van der Waals surface area contributed by atoms with E-state index in [4.69, 9.17) is 0 Å². The van der Waals surface area contributed by atoms with Gasteiger partial charge in [0.2, 0.25) is 0 Å². The lowest BCUT2D eigenvalue weighted by Crippen LogP contribution is -2.64. The lowest BCUT2D eigenvalue weighted by Gasteiger charge is -2.53. The molecule has 2 aliphatic heterocycles. The maximum absolute atomic E-state index is 12.4. The smallest absolute Gasteiger partial charge is 0.140 e. The van der Waals surface area contributed by atoms with Crippen molar-refractivity contribution in [2.75, 3.05) is 26.7 Å². The number of carbonyl (C=O) groups is 1. The Morgan fingerprint density at radius 1 is 1.24 bits per heavy atom. The Labute approximate surface area is 127 Å². The summed E-state index contributed by atoms with van der Waals surface area (Å²) in [5, 5.41) is 0. The van der Waals surface area contributed by atoms with Crippen LogP contribution in [0.5, 0.6) is 0 Å². The topological polar surface area (TPSA) is 23.6 Å². The molecule has 3 rings (SSSR count). The van der Waals surface area contributed by atoms with Crippen molar-refractivity contribution in [3.05, 3.63) is 35.9 Å². The van der Waals surface area contributed by atoms with Crippen LogP contribution >= 0.6 is 0 Å². The number of hydrogen-bond acceptors (Lipinski definition) is 3. The van der Waals surface area contributed by atoms with Gasteiger partial charge >= 0.3 is 0 Å². The number of rotatable bonds is 2. The molecule has 2 atom stereocenters. The normalized spacial score (nSPS) is 30.1. The van der Waals surface area contributed by atoms with E-state index in [2.05, 4.69) is 61.0 Å². The second kappa shape index (κ2) is 5.54. The molecular formula is C18H26N2O. The maximum atomic E-state index is 12.4. The van der Waals surface area contributed by atoms with Gasteiger partial charge in [-0.2, -0.15) is 0 Å². The molecule has 3 heteroatoms. The number of hydrogen-bond donors (Lipinski definition) is 0. The van der Waals surface area contributed by atoms with Crippen molar-refractivity contribution in [1.29, 1.82) is 0 Å². The Morgan fingerprint density at radius 2 is 1.95 bits per heavy atom. The highest BCUT2D eigenvalue weighted by atomic mass is 16.1. The summed E-state index contributed by atoms with van der Waals surface area (Å²) in [4.78, 5) is 17.3. The first-order valence-electron chi connectivity index (χ1n) is 7.96. The van der Waals surface area contributed by atoms with E-state index >= 15 is 0 Å². The van der Waals surface area contributed by atoms with Crippen LogP contribution in [0, 0.1) is 11.3 Å². The van der Waals surface area contributed by atoms with Crippen LogP contribution in [0.4, 0.5) is 0 Å². The monoisotopic (exact) mass is 286 g/mol. The SMILES string of the molecule is CN1CCC(=O)[C@H]2CN(Cc3ccccc3)CC(C)(C)[C@@H]21. The lowest BCUT2D eigenvalue weighted by molar-refractivity contribution is -0.138. The minimum absolute atomic E-state index is 0.155. The molecule has 2 fully saturated rings. The van der Waals surface area contributed by atoms with Gasteiger partial charge in [-0.3, -0.25) is 9.69 Å². The molecule has 2 heterocycles. The molecular weight excluding hydrogens is 260 g/mol. The average Bonchev–Trinajstić information content (AvgIpc) is 2.43. The van der Waals surface area contributed by atoms with Gasteiger partial charge in [0.05, 0.1) is 0 Å². The van der Waals surface area contributed by atoms with Crippen molar-refractivity contribution in [3.63, 3.8) is 0 Å². The third kappa shape index (κ3) is 2.90. The minimum atomic E-state index is 0.155. The second-order valence-corrected chi connectivity index (χ2v) is 7.39. The zero-order valence-corrected chi connectivity index (χ0v) is 13.4. The summed E-state index contributed by atoms with van der Waals surface area (Å²) in [6, 6.07) is 11.0. The molecule has 0 aromatic heterocycles. The Morgan fingerprint density at radius 3 is 2.67 bits per heavy atom. The van der Waals surface area contributed by atoms with Crippen LogP contribution in [0.25, 0.3) is 0 Å². The van der Waals surface area contributed by atoms with Crippen LogP contribution in [0.2, 0.25) is 0 Å². The average molecular weight is 286 g/mol. The molecule has 0 radical (unpaired) electrons. The number of fused-ring (bicyclic) bond motifs is 1. The van der Waals surface area contributed by atoms with Crippen molar-refractivity contribution in [1.82, 2.24) is 9.80 Å². The maximum Gasteiger partial charge on any atom is 0.140 e. The third-order valence-electron chi connectivity index (χ3n) is 5.12. The zero-order valence-electron chi connectivity index (χ0n) is 13.4. The molecule has 3 nitrogen and oxygen atoms in total. The van der Waals surface area contributed by atoms with Gasteiger partial charge in [0, 0.05) is 44.6 Å². The predicted molar refractivity (Wildman–Crippen MR) is 85.0 cm³/mol. The van der Waals surface area contributed by atoms with Crippen LogP contribution < -0.4 is 0 Å². The Bertz CT molecular complexity index is 511. The van der Waals surface area contributed by atoms with E-state index in [1.165, 1.54) is 5.56 Å². The molecule has 2 saturated heterocycles. The Balaban J connectivity index is 1.79. The fourth-order valence-electron chi connectivity index (χ4n) is 4.41. The van der Waals surface area contributed by atoms with E-state index in [0.29, 0.717) is 18.2 Å². The number of Topliss-reactive ketones (excluding diaryl/α,β-unsaturated/α-hetero) is 1. The molecule has 0 saturated carbocycles. The Hall–Kier alpha value is -1.19. The largest absolute Gasteiger partial charge is 0.302 e. The third-order valence-corrected chi connectivity index (χ3v) is 5.12. The summed E-state index contributed by atoms with van der Waals surface area (Å²) in [5.74, 6) is 0.639. The van der Waals surface area contributed by atoms with Gasteiger partial charge in [-0.15, -0.1) is 0 Å². The first-order chi connectivity index (χ1) is 9.97. The number of nitrogens with zero attached hydrogens (tertiary/aromatic N) is 2. The van der Waals surface area contributed by atoms with Crippen LogP contribution in [0.1, 0.15) is 25.8 Å². The lowest BCUT2D eigenvalue weighted by atomic mass is 9.69. The van der Waals surface area contributed by atoms with Gasteiger partial charge < -0.3 is 4.90 Å². The molecule has 0 spiro atoms. The first kappa shape index (κ1) is 14.7. The predicted octanol–water partition coefficient (Wildman–Crippen LogP) is 2.42. The summed E-state index contributed by atoms with van der Waals surface area (Å²) < 4.78 is 0. The van der Waals surface area contributed by atoms with Crippen molar-refractivity contribution < 1.29 is 4.79 Å². The summed E-state index contributed by atoms with van der Waals surface area (Å²) >= 11 is 0. The van der Waals surface area contributed by atoms with Crippen molar-refractivity contribution in [2.45, 2.75) is 32.9 Å². The summed E-state index contributed by atoms with van der Waals surface area (Å²) in [6.07, 6.45) is 0.715. The van der Waals surface area contributed by atoms with E-state index in [0.717, 1.165) is 26.2 Å². The molecule has 2 aliphatic rings. The molecule has 0 aliphatic carbocycles. The molecule has 0 amide bonds. The van der Waals surface area contributed by atoms with Gasteiger partial charge in [0.1, 0.15) is 5.78 Å². The van der Waals surface area contributed by atoms with E-state index < -0.39 is 0 Å². The first-order valence-corrected chi connectivity index (χ1v) is 7.96. The number of ketones is 1. The van der Waals surface area contributed by atoms with Gasteiger partial charge in [0.25, 0.3) is 0 Å². The second-order valence-electron chi connectivity index (χ2n) is 7.39. The van der Waals surface area contributed by atoms with Crippen LogP contribution in [-0.4, -0.2) is 48.3 Å². The van der Waals surface area contributed by atoms with Crippen molar-refractivity contribution in [2.24, 2.45) is 11.3 Å². The summed E-state index contributed by atoms with van der Waals surface area (Å²) in [6.45, 7) is 8.47. The molecule has 0 N–H and O–H groups in total. The van der Waals surface area contributed by atoms with E-state index in [1.807, 2.05) is 0 Å². The fraction of sp³-hybridized carbons (Fsp3) is 0.611. The Kier molecular flexibility index (Phi) is 3.89. The quantitative estimate of drug-likeness (QED) is 0.834. The van der Waals surface area contributed by atoms with Crippen LogP contribution in [0.15, 0.2) is 30.3 Å². The highest BCUT2D eigenvalue weighted by Crippen LogP contribution is 2.39. The molecule has 0 bridgehead atoms. The highest BCUT2D eigenvalue weighted by Gasteiger charge is 2.48.